The van der Waals surface area contributed by atoms with Gasteiger partial charge in [0.05, 0.1) is 24.7 Å². The molecule has 5 rings (SSSR count). The summed E-state index contributed by atoms with van der Waals surface area (Å²) >= 11 is 0. The van der Waals surface area contributed by atoms with Gasteiger partial charge in [-0.2, -0.15) is 18.2 Å². The Morgan fingerprint density at radius 3 is 2.59 bits per heavy atom. The molecule has 3 N–H and O–H groups in total. The van der Waals surface area contributed by atoms with Crippen LogP contribution in [0, 0.1) is 6.92 Å². The molecule has 2 aliphatic rings. The van der Waals surface area contributed by atoms with Crippen molar-refractivity contribution in [2.75, 3.05) is 61.7 Å². The van der Waals surface area contributed by atoms with Gasteiger partial charge in [0.25, 0.3) is 5.91 Å². The second kappa shape index (κ2) is 15.2. The zero-order chi connectivity index (χ0) is 35.3. The van der Waals surface area contributed by atoms with Gasteiger partial charge in [-0.3, -0.25) is 14.0 Å². The Hall–Kier alpha value is -4.15. The van der Waals surface area contributed by atoms with E-state index in [1.165, 1.54) is 14.2 Å². The van der Waals surface area contributed by atoms with Gasteiger partial charge in [0.15, 0.2) is 0 Å². The minimum Gasteiger partial charge on any atom is -0.495 e. The number of sulfonamides is 1. The van der Waals surface area contributed by atoms with E-state index in [1.807, 2.05) is 0 Å². The first-order chi connectivity index (χ1) is 23.2. The fourth-order valence-corrected chi connectivity index (χ4v) is 6.62. The monoisotopic (exact) mass is 705 g/mol. The molecule has 0 radical (unpaired) electrons. The van der Waals surface area contributed by atoms with Gasteiger partial charge in [0.2, 0.25) is 16.0 Å². The lowest BCUT2D eigenvalue weighted by molar-refractivity contribution is -0.137. The lowest BCUT2D eigenvalue weighted by Crippen LogP contribution is -2.52. The lowest BCUT2D eigenvalue weighted by atomic mass is 9.99. The molecule has 2 aliphatic heterocycles. The van der Waals surface area contributed by atoms with E-state index in [0.29, 0.717) is 34.7 Å². The molecule has 266 valence electrons. The van der Waals surface area contributed by atoms with Crippen LogP contribution in [0.1, 0.15) is 52.7 Å². The summed E-state index contributed by atoms with van der Waals surface area (Å²) in [7, 11) is -0.838. The maximum absolute atomic E-state index is 14.0. The van der Waals surface area contributed by atoms with E-state index in [1.54, 1.807) is 43.3 Å². The normalized spacial score (nSPS) is 17.7. The Labute approximate surface area is 284 Å². The first kappa shape index (κ1) is 36.1. The van der Waals surface area contributed by atoms with E-state index in [0.717, 1.165) is 68.1 Å². The average Bonchev–Trinajstić information content (AvgIpc) is 3.07. The van der Waals surface area contributed by atoms with Crippen molar-refractivity contribution in [2.45, 2.75) is 57.4 Å². The highest BCUT2D eigenvalue weighted by atomic mass is 32.2. The smallest absolute Gasteiger partial charge is 0.421 e. The van der Waals surface area contributed by atoms with Crippen LogP contribution >= 0.6 is 0 Å². The first-order valence-corrected chi connectivity index (χ1v) is 17.9. The summed E-state index contributed by atoms with van der Waals surface area (Å²) in [6.07, 6.45) is 0.784. The van der Waals surface area contributed by atoms with Crippen molar-refractivity contribution in [3.05, 3.63) is 64.8 Å². The van der Waals surface area contributed by atoms with Crippen molar-refractivity contribution in [2.24, 2.45) is 0 Å². The molecule has 0 bridgehead atoms. The number of anilines is 4. The fourth-order valence-electron chi connectivity index (χ4n) is 6.09. The van der Waals surface area contributed by atoms with E-state index < -0.39 is 27.6 Å². The second-order valence-electron chi connectivity index (χ2n) is 12.4. The number of rotatable bonds is 11. The number of nitrogens with one attached hydrogen (secondary N) is 3. The second-order valence-corrected chi connectivity index (χ2v) is 14.4. The Morgan fingerprint density at radius 1 is 1.14 bits per heavy atom. The Morgan fingerprint density at radius 2 is 1.90 bits per heavy atom. The molecule has 12 nitrogen and oxygen atoms in total. The largest absolute Gasteiger partial charge is 0.495 e. The summed E-state index contributed by atoms with van der Waals surface area (Å²) in [5.41, 5.74) is 1.16. The fraction of sp³-hybridized carbons (Fsp3) is 0.485. The first-order valence-electron chi connectivity index (χ1n) is 16.0. The van der Waals surface area contributed by atoms with Crippen LogP contribution < -0.4 is 25.0 Å². The number of nitrogens with zero attached hydrogens (tertiary/aromatic N) is 4. The number of likely N-dealkylation sites (tertiary alicyclic amines) is 1. The van der Waals surface area contributed by atoms with E-state index in [-0.39, 0.29) is 30.2 Å². The summed E-state index contributed by atoms with van der Waals surface area (Å²) in [6, 6.07) is 10.2. The number of carbonyl (C=O) groups is 1. The minimum absolute atomic E-state index is 0.00197. The van der Waals surface area contributed by atoms with Gasteiger partial charge in [-0.15, -0.1) is 0 Å². The van der Waals surface area contributed by atoms with Crippen molar-refractivity contribution in [1.82, 2.24) is 20.2 Å². The van der Waals surface area contributed by atoms with Crippen molar-refractivity contribution in [3.63, 3.8) is 0 Å². The van der Waals surface area contributed by atoms with Crippen LogP contribution in [0.15, 0.2) is 42.6 Å². The number of hydrogen-bond acceptors (Lipinski definition) is 10. The van der Waals surface area contributed by atoms with Gasteiger partial charge >= 0.3 is 6.18 Å². The maximum Gasteiger partial charge on any atom is 0.421 e. The van der Waals surface area contributed by atoms with E-state index >= 15 is 0 Å². The molecule has 1 atom stereocenters. The molecule has 0 spiro atoms. The number of aryl methyl sites for hydroxylation is 1. The molecular weight excluding hydrogens is 663 g/mol. The Bertz CT molecular complexity index is 1750. The third-order valence-electron chi connectivity index (χ3n) is 8.82. The number of piperidine rings is 1. The quantitative estimate of drug-likeness (QED) is 0.252. The Kier molecular flexibility index (Phi) is 11.2. The summed E-state index contributed by atoms with van der Waals surface area (Å²) in [5, 5.41) is 8.75. The molecule has 1 amide bonds. The molecule has 0 aliphatic carbocycles. The number of ether oxygens (including phenoxy) is 2. The molecule has 0 saturated carbocycles. The van der Waals surface area contributed by atoms with Crippen LogP contribution in [0.5, 0.6) is 5.75 Å². The third-order valence-corrected chi connectivity index (χ3v) is 10.0. The molecule has 2 aromatic carbocycles. The molecule has 3 heterocycles. The maximum atomic E-state index is 14.0. The van der Waals surface area contributed by atoms with Gasteiger partial charge in [-0.05, 0) is 74.5 Å². The highest BCUT2D eigenvalue weighted by Crippen LogP contribution is 2.36. The van der Waals surface area contributed by atoms with Crippen LogP contribution in [0.4, 0.5) is 36.3 Å². The van der Waals surface area contributed by atoms with Gasteiger partial charge in [0, 0.05) is 57.2 Å². The molecule has 1 unspecified atom stereocenters. The number of benzene rings is 2. The zero-order valence-corrected chi connectivity index (χ0v) is 28.7. The summed E-state index contributed by atoms with van der Waals surface area (Å²) < 4.78 is 78.5. The van der Waals surface area contributed by atoms with Gasteiger partial charge in [-0.25, -0.2) is 13.4 Å². The van der Waals surface area contributed by atoms with Crippen LogP contribution in [0.25, 0.3) is 0 Å². The number of hydrogen-bond donors (Lipinski definition) is 3. The van der Waals surface area contributed by atoms with Crippen molar-refractivity contribution in [1.29, 1.82) is 0 Å². The van der Waals surface area contributed by atoms with E-state index in [4.69, 9.17) is 9.47 Å². The average molecular weight is 706 g/mol. The summed E-state index contributed by atoms with van der Waals surface area (Å²) in [5.74, 6) is -0.640. The number of halogens is 3. The molecule has 2 saturated heterocycles. The predicted octanol–water partition coefficient (Wildman–Crippen LogP) is 4.94. The van der Waals surface area contributed by atoms with Gasteiger partial charge in [0.1, 0.15) is 17.1 Å². The van der Waals surface area contributed by atoms with Crippen LogP contribution in [0.3, 0.4) is 0 Å². The number of alkyl halides is 3. The lowest BCUT2D eigenvalue weighted by Gasteiger charge is -2.40. The molecule has 1 aromatic heterocycles. The highest BCUT2D eigenvalue weighted by molar-refractivity contribution is 7.92. The molecule has 16 heteroatoms. The van der Waals surface area contributed by atoms with Crippen molar-refractivity contribution < 1.29 is 35.9 Å². The van der Waals surface area contributed by atoms with Crippen LogP contribution in [-0.4, -0.2) is 88.0 Å². The molecular formula is C33H42F3N7O5S. The third kappa shape index (κ3) is 9.10. The van der Waals surface area contributed by atoms with Crippen molar-refractivity contribution >= 4 is 39.1 Å². The predicted molar refractivity (Wildman–Crippen MR) is 181 cm³/mol. The number of amides is 1. The van der Waals surface area contributed by atoms with E-state index in [9.17, 15) is 26.4 Å². The highest BCUT2D eigenvalue weighted by Gasteiger charge is 2.35. The van der Waals surface area contributed by atoms with E-state index in [2.05, 4.69) is 30.8 Å². The van der Waals surface area contributed by atoms with Gasteiger partial charge < -0.3 is 25.4 Å². The van der Waals surface area contributed by atoms with Crippen LogP contribution in [0.2, 0.25) is 0 Å². The molecule has 3 aromatic rings. The standard InChI is InChI=1S/C33H42F3N7O5S/c1-21-7-8-23(28(16-21)42(2)49(4,45)46)18-37-30-26(33(34,35)36)19-38-32(41-30)40-27-10-9-22(17-29(27)47-3)31(44)39-24-6-5-13-43(20-24)25-11-14-48-15-12-25/h7-10,16-17,19,24-25H,5-6,11-15,18,20H2,1-4H3,(H,39,44)(H2,37,38,40,41). The number of methoxy groups -OCH3 is 1. The number of carbonyl (C=O) groups excluding carboxylic acids is 1. The minimum atomic E-state index is -4.77. The van der Waals surface area contributed by atoms with Crippen molar-refractivity contribution in [3.8, 4) is 5.75 Å². The molecule has 49 heavy (non-hydrogen) atoms. The van der Waals surface area contributed by atoms with Crippen LogP contribution in [-0.2, 0) is 27.5 Å². The zero-order valence-electron chi connectivity index (χ0n) is 27.9. The topological polar surface area (TPSA) is 138 Å². The Balaban J connectivity index is 1.31. The number of aromatic nitrogens is 2. The summed E-state index contributed by atoms with van der Waals surface area (Å²) in [6.45, 7) is 4.92. The molecule has 2 fully saturated rings. The van der Waals surface area contributed by atoms with Gasteiger partial charge in [-0.1, -0.05) is 12.1 Å². The summed E-state index contributed by atoms with van der Waals surface area (Å²) in [4.78, 5) is 23.7. The SMILES string of the molecule is COc1cc(C(=O)NC2CCCN(C3CCOCC3)C2)ccc1Nc1ncc(C(F)(F)F)c(NCc2ccc(C)cc2N(C)S(C)(=O)=O)n1.